The van der Waals surface area contributed by atoms with Crippen LogP contribution < -0.4 is 0 Å². The highest BCUT2D eigenvalue weighted by atomic mass is 28.5. The van der Waals surface area contributed by atoms with Crippen molar-refractivity contribution in [2.45, 2.75) is 83.8 Å². The molecule has 1 saturated heterocycles. The first-order chi connectivity index (χ1) is 9.95. The molecule has 1 aliphatic heterocycles. The molecule has 22 heavy (non-hydrogen) atoms. The Labute approximate surface area is 140 Å². The normalized spacial score (nSPS) is 22.1. The molecule has 0 saturated carbocycles. The molecule has 0 amide bonds. The maximum Gasteiger partial charge on any atom is 0.311 e. The molecule has 0 N–H and O–H groups in total. The van der Waals surface area contributed by atoms with E-state index in [1.807, 2.05) is 0 Å². The molecule has 0 radical (unpaired) electrons. The van der Waals surface area contributed by atoms with Crippen LogP contribution in [0.25, 0.3) is 0 Å². The van der Waals surface area contributed by atoms with E-state index in [-0.39, 0.29) is 11.8 Å². The van der Waals surface area contributed by atoms with E-state index in [9.17, 15) is 0 Å². The van der Waals surface area contributed by atoms with Crippen LogP contribution in [0.4, 0.5) is 0 Å². The molecule has 132 valence electrons. The highest BCUT2D eigenvalue weighted by Gasteiger charge is 2.42. The number of hydrogen-bond donors (Lipinski definition) is 0. The van der Waals surface area contributed by atoms with E-state index in [0.29, 0.717) is 6.61 Å². The third-order valence-electron chi connectivity index (χ3n) is 3.71. The van der Waals surface area contributed by atoms with Gasteiger partial charge in [0.25, 0.3) is 0 Å². The topological polar surface area (TPSA) is 36.9 Å². The van der Waals surface area contributed by atoms with Crippen LogP contribution in [0.3, 0.4) is 0 Å². The Morgan fingerprint density at radius 1 is 1.05 bits per heavy atom. The predicted molar refractivity (Wildman–Crippen MR) is 99.5 cm³/mol. The van der Waals surface area contributed by atoms with Crippen molar-refractivity contribution < 1.29 is 17.7 Å². The summed E-state index contributed by atoms with van der Waals surface area (Å²) < 4.78 is 24.8. The number of rotatable bonds is 9. The van der Waals surface area contributed by atoms with Crippen LogP contribution in [-0.2, 0) is 17.7 Å². The lowest BCUT2D eigenvalue weighted by molar-refractivity contribution is -0.00223. The second-order valence-corrected chi connectivity index (χ2v) is 20.7. The zero-order valence-electron chi connectivity index (χ0n) is 15.8. The summed E-state index contributed by atoms with van der Waals surface area (Å²) in [6.45, 7) is 19.3. The summed E-state index contributed by atoms with van der Waals surface area (Å²) in [7, 11) is -5.64. The molecule has 1 heterocycles. The van der Waals surface area contributed by atoms with Gasteiger partial charge in [-0.15, -0.1) is 0 Å². The van der Waals surface area contributed by atoms with Gasteiger partial charge in [0.1, 0.15) is 0 Å². The van der Waals surface area contributed by atoms with Crippen molar-refractivity contribution in [1.29, 1.82) is 0 Å². The molecular weight excluding hydrogens is 328 g/mol. The summed E-state index contributed by atoms with van der Waals surface area (Å²) in [5.74, 6) is 0. The molecule has 1 aliphatic rings. The van der Waals surface area contributed by atoms with Gasteiger partial charge in [-0.2, -0.15) is 0 Å². The molecule has 2 unspecified atom stereocenters. The van der Waals surface area contributed by atoms with Crippen LogP contribution in [0.5, 0.6) is 0 Å². The fourth-order valence-electron chi connectivity index (χ4n) is 3.27. The van der Waals surface area contributed by atoms with Gasteiger partial charge in [0.05, 0.1) is 18.4 Å². The maximum absolute atomic E-state index is 6.59. The van der Waals surface area contributed by atoms with Crippen molar-refractivity contribution in [2.24, 2.45) is 0 Å². The number of ether oxygens (including phenoxy) is 2. The van der Waals surface area contributed by atoms with E-state index >= 15 is 0 Å². The summed E-state index contributed by atoms with van der Waals surface area (Å²) in [5.41, 5.74) is 0.203. The Hall–Kier alpha value is 0.491. The molecule has 0 aliphatic carbocycles. The molecule has 0 bridgehead atoms. The van der Waals surface area contributed by atoms with Crippen LogP contribution in [-0.4, -0.2) is 50.2 Å². The Kier molecular flexibility index (Phi) is 7.51. The molecule has 0 aromatic heterocycles. The summed E-state index contributed by atoms with van der Waals surface area (Å²) >= 11 is 0. The van der Waals surface area contributed by atoms with Crippen LogP contribution >= 0.6 is 0 Å². The molecule has 4 nitrogen and oxygen atoms in total. The smallest absolute Gasteiger partial charge is 0.311 e. The lowest BCUT2D eigenvalue weighted by Gasteiger charge is -2.40. The van der Waals surface area contributed by atoms with Gasteiger partial charge in [0.2, 0.25) is 8.32 Å². The first kappa shape index (κ1) is 20.5. The molecule has 0 spiro atoms. The molecule has 1 rings (SSSR count). The zero-order chi connectivity index (χ0) is 17.0. The minimum atomic E-state index is -2.10. The standard InChI is InChI=1S/C15H36O4Si3/c1-9-15(17-13-14-11-10-12-16-14)21(5,6)19-22(7,8)18-20(2,3)4/h14-15H,9-13H2,1-8H3. The van der Waals surface area contributed by atoms with Gasteiger partial charge in [-0.05, 0) is 65.1 Å². The molecule has 0 aromatic carbocycles. The molecular formula is C15H36O4Si3. The van der Waals surface area contributed by atoms with Crippen molar-refractivity contribution in [3.8, 4) is 0 Å². The summed E-state index contributed by atoms with van der Waals surface area (Å²) in [5, 5.41) is 0. The second kappa shape index (κ2) is 8.04. The zero-order valence-corrected chi connectivity index (χ0v) is 18.8. The van der Waals surface area contributed by atoms with Gasteiger partial charge in [0, 0.05) is 6.61 Å². The van der Waals surface area contributed by atoms with E-state index in [1.165, 1.54) is 0 Å². The third kappa shape index (κ3) is 7.37. The Bertz CT molecular complexity index is 336. The van der Waals surface area contributed by atoms with Crippen molar-refractivity contribution >= 4 is 25.2 Å². The lowest BCUT2D eigenvalue weighted by atomic mass is 10.2. The maximum atomic E-state index is 6.59. The minimum absolute atomic E-state index is 0.203. The van der Waals surface area contributed by atoms with Crippen LogP contribution in [0.1, 0.15) is 26.2 Å². The monoisotopic (exact) mass is 364 g/mol. The molecule has 7 heteroatoms. The van der Waals surface area contributed by atoms with Crippen molar-refractivity contribution in [1.82, 2.24) is 0 Å². The lowest BCUT2D eigenvalue weighted by Crippen LogP contribution is -2.57. The van der Waals surface area contributed by atoms with Crippen LogP contribution in [0, 0.1) is 0 Å². The Morgan fingerprint density at radius 3 is 2.14 bits per heavy atom. The highest BCUT2D eigenvalue weighted by molar-refractivity contribution is 6.87. The van der Waals surface area contributed by atoms with Crippen LogP contribution in [0.15, 0.2) is 0 Å². The SMILES string of the molecule is CCC(OCC1CCCO1)[Si](C)(C)O[Si](C)(C)O[Si](C)(C)C. The highest BCUT2D eigenvalue weighted by Crippen LogP contribution is 2.25. The van der Waals surface area contributed by atoms with E-state index in [0.717, 1.165) is 25.9 Å². The van der Waals surface area contributed by atoms with Gasteiger partial charge in [-0.3, -0.25) is 0 Å². The van der Waals surface area contributed by atoms with E-state index < -0.39 is 25.2 Å². The summed E-state index contributed by atoms with van der Waals surface area (Å²) in [6.07, 6.45) is 3.55. The van der Waals surface area contributed by atoms with E-state index in [1.54, 1.807) is 0 Å². The van der Waals surface area contributed by atoms with Crippen molar-refractivity contribution in [2.75, 3.05) is 13.2 Å². The fraction of sp³-hybridized carbons (Fsp3) is 1.00. The van der Waals surface area contributed by atoms with Crippen molar-refractivity contribution in [3.63, 3.8) is 0 Å². The quantitative estimate of drug-likeness (QED) is 0.572. The second-order valence-electron chi connectivity index (χ2n) is 8.19. The summed E-state index contributed by atoms with van der Waals surface area (Å²) in [6, 6.07) is 0. The van der Waals surface area contributed by atoms with Gasteiger partial charge in [-0.1, -0.05) is 6.92 Å². The van der Waals surface area contributed by atoms with Crippen LogP contribution in [0.2, 0.25) is 45.8 Å². The Morgan fingerprint density at radius 2 is 1.68 bits per heavy atom. The Balaban J connectivity index is 2.59. The first-order valence-corrected chi connectivity index (χ1v) is 17.8. The molecule has 2 atom stereocenters. The predicted octanol–water partition coefficient (Wildman–Crippen LogP) is 4.27. The third-order valence-corrected chi connectivity index (χ3v) is 14.3. The number of hydrogen-bond acceptors (Lipinski definition) is 4. The minimum Gasteiger partial charge on any atom is -0.437 e. The van der Waals surface area contributed by atoms with E-state index in [4.69, 9.17) is 17.7 Å². The largest absolute Gasteiger partial charge is 0.437 e. The molecule has 0 aromatic rings. The van der Waals surface area contributed by atoms with Gasteiger partial charge < -0.3 is 17.7 Å². The molecule has 1 fully saturated rings. The van der Waals surface area contributed by atoms with Gasteiger partial charge in [-0.25, -0.2) is 0 Å². The van der Waals surface area contributed by atoms with E-state index in [2.05, 4.69) is 52.8 Å². The summed E-state index contributed by atoms with van der Waals surface area (Å²) in [4.78, 5) is 0. The van der Waals surface area contributed by atoms with Crippen molar-refractivity contribution in [3.05, 3.63) is 0 Å². The van der Waals surface area contributed by atoms with Gasteiger partial charge in [0.15, 0.2) is 8.32 Å². The first-order valence-electron chi connectivity index (χ1n) is 8.59. The average molecular weight is 365 g/mol. The van der Waals surface area contributed by atoms with Gasteiger partial charge >= 0.3 is 8.56 Å². The average Bonchev–Trinajstić information content (AvgIpc) is 2.76. The fourth-order valence-corrected chi connectivity index (χ4v) is 16.8.